The minimum Gasteiger partial charge on any atom is -0.496 e. The first-order valence-corrected chi connectivity index (χ1v) is 9.29. The van der Waals surface area contributed by atoms with Crippen LogP contribution in [0.15, 0.2) is 55.1 Å². The monoisotopic (exact) mass is 377 g/mol. The fourth-order valence-corrected chi connectivity index (χ4v) is 3.71. The number of ether oxygens (including phenoxy) is 1. The predicted molar refractivity (Wildman–Crippen MR) is 106 cm³/mol. The summed E-state index contributed by atoms with van der Waals surface area (Å²) in [4.78, 5) is 19.3. The van der Waals surface area contributed by atoms with Crippen molar-refractivity contribution in [3.63, 3.8) is 0 Å². The third kappa shape index (κ3) is 3.36. The number of hydrogen-bond acceptors (Lipinski definition) is 5. The van der Waals surface area contributed by atoms with E-state index in [1.165, 1.54) is 6.33 Å². The van der Waals surface area contributed by atoms with Crippen molar-refractivity contribution < 1.29 is 9.53 Å². The number of benzene rings is 2. The minimum absolute atomic E-state index is 0.0191. The summed E-state index contributed by atoms with van der Waals surface area (Å²) in [6.45, 7) is 4.09. The minimum atomic E-state index is -0.0762. The summed E-state index contributed by atoms with van der Waals surface area (Å²) in [7, 11) is 1.66. The molecule has 1 amide bonds. The van der Waals surface area contributed by atoms with Gasteiger partial charge in [0.15, 0.2) is 0 Å². The van der Waals surface area contributed by atoms with Gasteiger partial charge < -0.3 is 15.0 Å². The maximum atomic E-state index is 13.4. The zero-order chi connectivity index (χ0) is 19.5. The molecule has 0 spiro atoms. The molecule has 0 saturated carbocycles. The molecule has 1 aliphatic heterocycles. The molecule has 1 fully saturated rings. The number of nitrogens with zero attached hydrogens (tertiary/aromatic N) is 4. The second kappa shape index (κ2) is 7.82. The lowest BCUT2D eigenvalue weighted by molar-refractivity contribution is 0.0631. The summed E-state index contributed by atoms with van der Waals surface area (Å²) in [6.07, 6.45) is 3.15. The van der Waals surface area contributed by atoms with Crippen LogP contribution in [0.25, 0.3) is 5.69 Å². The first kappa shape index (κ1) is 18.2. The summed E-state index contributed by atoms with van der Waals surface area (Å²) >= 11 is 0. The first-order valence-electron chi connectivity index (χ1n) is 9.29. The average molecular weight is 377 g/mol. The fourth-order valence-electron chi connectivity index (χ4n) is 3.71. The Balaban J connectivity index is 1.65. The molecule has 2 aromatic carbocycles. The molecule has 0 radical (unpaired) electrons. The lowest BCUT2D eigenvalue weighted by Gasteiger charge is -2.37. The Bertz CT molecular complexity index is 971. The number of amides is 1. The topological polar surface area (TPSA) is 72.3 Å². The van der Waals surface area contributed by atoms with E-state index in [0.29, 0.717) is 18.7 Å². The van der Waals surface area contributed by atoms with Crippen LogP contribution >= 0.6 is 0 Å². The predicted octanol–water partition coefficient (Wildman–Crippen LogP) is 2.37. The van der Waals surface area contributed by atoms with Crippen LogP contribution < -0.4 is 10.1 Å². The number of carbonyl (C=O) groups is 1. The third-order valence-corrected chi connectivity index (χ3v) is 5.11. The van der Waals surface area contributed by atoms with E-state index >= 15 is 0 Å². The van der Waals surface area contributed by atoms with E-state index in [0.717, 1.165) is 29.1 Å². The third-order valence-electron chi connectivity index (χ3n) is 5.11. The molecule has 7 nitrogen and oxygen atoms in total. The Kier molecular flexibility index (Phi) is 5.08. The highest BCUT2D eigenvalue weighted by Crippen LogP contribution is 2.31. The normalized spacial score (nSPS) is 16.8. The molecule has 1 unspecified atom stereocenters. The Labute approximate surface area is 164 Å². The molecule has 1 atom stereocenters. The van der Waals surface area contributed by atoms with Crippen molar-refractivity contribution in [1.29, 1.82) is 0 Å². The van der Waals surface area contributed by atoms with Crippen molar-refractivity contribution in [1.82, 2.24) is 25.0 Å². The summed E-state index contributed by atoms with van der Waals surface area (Å²) < 4.78 is 7.23. The first-order chi connectivity index (χ1) is 13.7. The van der Waals surface area contributed by atoms with Gasteiger partial charge in [0.1, 0.15) is 18.4 Å². The highest BCUT2D eigenvalue weighted by atomic mass is 16.5. The van der Waals surface area contributed by atoms with Gasteiger partial charge in [-0.05, 0) is 36.8 Å². The van der Waals surface area contributed by atoms with Gasteiger partial charge in [0, 0.05) is 30.8 Å². The summed E-state index contributed by atoms with van der Waals surface area (Å²) in [6, 6.07) is 13.5. The highest BCUT2D eigenvalue weighted by molar-refractivity contribution is 5.95. The van der Waals surface area contributed by atoms with Gasteiger partial charge in [-0.25, -0.2) is 9.67 Å². The van der Waals surface area contributed by atoms with Gasteiger partial charge in [0.2, 0.25) is 0 Å². The van der Waals surface area contributed by atoms with Gasteiger partial charge in [0.25, 0.3) is 5.91 Å². The molecule has 28 heavy (non-hydrogen) atoms. The number of piperazine rings is 1. The van der Waals surface area contributed by atoms with E-state index in [-0.39, 0.29) is 11.9 Å². The van der Waals surface area contributed by atoms with Crippen molar-refractivity contribution in [3.05, 3.63) is 71.8 Å². The van der Waals surface area contributed by atoms with Crippen LogP contribution in [0.3, 0.4) is 0 Å². The van der Waals surface area contributed by atoms with Crippen molar-refractivity contribution in [3.8, 4) is 11.4 Å². The molecule has 7 heteroatoms. The molecule has 1 aliphatic rings. The van der Waals surface area contributed by atoms with Gasteiger partial charge in [-0.3, -0.25) is 4.79 Å². The number of aryl methyl sites for hydroxylation is 1. The molecule has 1 aromatic heterocycles. The van der Waals surface area contributed by atoms with Crippen LogP contribution in [-0.4, -0.2) is 52.3 Å². The Hall–Kier alpha value is -3.19. The molecule has 0 bridgehead atoms. The Morgan fingerprint density at radius 1 is 1.25 bits per heavy atom. The Morgan fingerprint density at radius 2 is 2.11 bits per heavy atom. The van der Waals surface area contributed by atoms with Crippen LogP contribution in [0.2, 0.25) is 0 Å². The lowest BCUT2D eigenvalue weighted by atomic mass is 10.00. The molecule has 4 rings (SSSR count). The van der Waals surface area contributed by atoms with Crippen molar-refractivity contribution in [2.75, 3.05) is 26.7 Å². The van der Waals surface area contributed by atoms with E-state index in [1.54, 1.807) is 18.1 Å². The van der Waals surface area contributed by atoms with Gasteiger partial charge >= 0.3 is 0 Å². The van der Waals surface area contributed by atoms with Crippen molar-refractivity contribution in [2.45, 2.75) is 13.0 Å². The van der Waals surface area contributed by atoms with Crippen LogP contribution in [0.5, 0.6) is 5.75 Å². The maximum absolute atomic E-state index is 13.4. The van der Waals surface area contributed by atoms with Crippen molar-refractivity contribution in [2.24, 2.45) is 0 Å². The second-order valence-corrected chi connectivity index (χ2v) is 6.80. The van der Waals surface area contributed by atoms with Gasteiger partial charge in [-0.15, -0.1) is 0 Å². The van der Waals surface area contributed by atoms with E-state index in [2.05, 4.69) is 15.4 Å². The van der Waals surface area contributed by atoms with Gasteiger partial charge in [-0.2, -0.15) is 5.10 Å². The van der Waals surface area contributed by atoms with Crippen molar-refractivity contribution >= 4 is 5.91 Å². The summed E-state index contributed by atoms with van der Waals surface area (Å²) in [5.74, 6) is 0.817. The zero-order valence-corrected chi connectivity index (χ0v) is 16.0. The second-order valence-electron chi connectivity index (χ2n) is 6.80. The molecular formula is C21H23N5O2. The number of carbonyl (C=O) groups excluding carboxylic acids is 1. The highest BCUT2D eigenvalue weighted by Gasteiger charge is 2.30. The lowest BCUT2D eigenvalue weighted by Crippen LogP contribution is -2.48. The fraction of sp³-hybridized carbons (Fsp3) is 0.286. The van der Waals surface area contributed by atoms with Gasteiger partial charge in [-0.1, -0.05) is 18.2 Å². The van der Waals surface area contributed by atoms with Crippen LogP contribution in [0.1, 0.15) is 27.5 Å². The molecule has 1 saturated heterocycles. The Morgan fingerprint density at radius 3 is 2.86 bits per heavy atom. The van der Waals surface area contributed by atoms with E-state index < -0.39 is 0 Å². The molecule has 144 valence electrons. The SMILES string of the molecule is COc1ccccc1C1CNCCN1C(=O)c1ccc(-n2cncn2)c(C)c1. The van der Waals surface area contributed by atoms with Crippen LogP contribution in [0, 0.1) is 6.92 Å². The number of hydrogen-bond donors (Lipinski definition) is 1. The van der Waals surface area contributed by atoms with Crippen LogP contribution in [0.4, 0.5) is 0 Å². The molecule has 0 aliphatic carbocycles. The molecular weight excluding hydrogens is 354 g/mol. The molecule has 2 heterocycles. The number of nitrogens with one attached hydrogen (secondary N) is 1. The summed E-state index contributed by atoms with van der Waals surface area (Å²) in [5.41, 5.74) is 3.57. The maximum Gasteiger partial charge on any atom is 0.254 e. The number of para-hydroxylation sites is 1. The van der Waals surface area contributed by atoms with E-state index in [1.807, 2.05) is 54.3 Å². The number of aromatic nitrogens is 3. The number of rotatable bonds is 4. The smallest absolute Gasteiger partial charge is 0.254 e. The quantitative estimate of drug-likeness (QED) is 0.756. The van der Waals surface area contributed by atoms with E-state index in [4.69, 9.17) is 4.74 Å². The molecule has 1 N–H and O–H groups in total. The van der Waals surface area contributed by atoms with Crippen LogP contribution in [-0.2, 0) is 0 Å². The molecule has 3 aromatic rings. The van der Waals surface area contributed by atoms with E-state index in [9.17, 15) is 4.79 Å². The average Bonchev–Trinajstić information content (AvgIpc) is 3.27. The standard InChI is InChI=1S/C21H23N5O2/c1-15-11-16(7-8-18(15)26-14-23-13-24-26)21(27)25-10-9-22-12-19(25)17-5-3-4-6-20(17)28-2/h3-8,11,13-14,19,22H,9-10,12H2,1-2H3. The largest absolute Gasteiger partial charge is 0.496 e. The zero-order valence-electron chi connectivity index (χ0n) is 16.0. The van der Waals surface area contributed by atoms with Gasteiger partial charge in [0.05, 0.1) is 18.8 Å². The number of methoxy groups -OCH3 is 1. The summed E-state index contributed by atoms with van der Waals surface area (Å²) in [5, 5.41) is 7.56.